The highest BCUT2D eigenvalue weighted by molar-refractivity contribution is 4.82. The zero-order chi connectivity index (χ0) is 25.3. The third kappa shape index (κ3) is 16.4. The Kier molecular flexibility index (Phi) is 22.7. The van der Waals surface area contributed by atoms with E-state index in [4.69, 9.17) is 9.47 Å². The van der Waals surface area contributed by atoms with Crippen molar-refractivity contribution >= 4 is 0 Å². The molecule has 0 amide bonds. The van der Waals surface area contributed by atoms with E-state index in [1.807, 2.05) is 0 Å². The Morgan fingerprint density at radius 2 is 0.838 bits per heavy atom. The van der Waals surface area contributed by atoms with Crippen LogP contribution >= 0.6 is 0 Å². The third-order valence-corrected chi connectivity index (χ3v) is 8.83. The van der Waals surface area contributed by atoms with E-state index in [1.54, 1.807) is 0 Å². The van der Waals surface area contributed by atoms with Crippen LogP contribution in [0.3, 0.4) is 0 Å². The summed E-state index contributed by atoms with van der Waals surface area (Å²) in [4.78, 5) is 0. The van der Waals surface area contributed by atoms with Crippen molar-refractivity contribution in [2.24, 2.45) is 5.41 Å². The molecule has 0 spiro atoms. The Hall–Kier alpha value is 1.30. The van der Waals surface area contributed by atoms with Crippen LogP contribution < -0.4 is 48.0 Å². The second-order valence-corrected chi connectivity index (χ2v) is 13.0. The van der Waals surface area contributed by atoms with Crippen molar-refractivity contribution in [3.8, 4) is 0 Å². The molecule has 0 saturated carbocycles. The molecule has 224 valence electrons. The fourth-order valence-corrected chi connectivity index (χ4v) is 6.95. The van der Waals surface area contributed by atoms with Crippen LogP contribution in [-0.4, -0.2) is 88.8 Å². The highest BCUT2D eigenvalue weighted by Gasteiger charge is 2.47. The summed E-state index contributed by atoms with van der Waals surface area (Å²) in [5, 5.41) is 0. The van der Waals surface area contributed by atoms with Crippen LogP contribution in [0.25, 0.3) is 0 Å². The summed E-state index contributed by atoms with van der Waals surface area (Å²) in [6, 6.07) is 0. The standard InChI is InChI=1S/C31H64N2O2.2HI/c1-5-7-9-11-13-19-25-34-29-31(27-32(3)21-15-16-22-32,28-33(4)23-17-18-24-33)30-35-26-20-14-12-10-8-6-2;;/h5-30H2,1-4H3;2*1H/q+2;;/p-2. The smallest absolute Gasteiger partial charge is 0.115 e. The molecule has 0 aromatic heterocycles. The lowest BCUT2D eigenvalue weighted by molar-refractivity contribution is -0.928. The predicted molar refractivity (Wildman–Crippen MR) is 151 cm³/mol. The minimum absolute atomic E-state index is 0. The predicted octanol–water partition coefficient (Wildman–Crippen LogP) is 1.22. The van der Waals surface area contributed by atoms with Crippen molar-refractivity contribution in [3.05, 3.63) is 0 Å². The molecule has 0 N–H and O–H groups in total. The molecule has 2 saturated heterocycles. The average molecular weight is 751 g/mol. The molecule has 0 atom stereocenters. The zero-order valence-electron chi connectivity index (χ0n) is 25.4. The Morgan fingerprint density at radius 3 is 1.19 bits per heavy atom. The quantitative estimate of drug-likeness (QED) is 0.0943. The summed E-state index contributed by atoms with van der Waals surface area (Å²) >= 11 is 0. The molecular formula is C31H64I2N2O2. The number of nitrogens with zero attached hydrogens (tertiary/aromatic N) is 2. The van der Waals surface area contributed by atoms with E-state index in [0.717, 1.165) is 26.4 Å². The molecule has 2 fully saturated rings. The molecule has 37 heavy (non-hydrogen) atoms. The summed E-state index contributed by atoms with van der Waals surface area (Å²) in [6.07, 6.45) is 21.5. The van der Waals surface area contributed by atoms with Crippen LogP contribution in [-0.2, 0) is 9.47 Å². The first kappa shape index (κ1) is 38.3. The topological polar surface area (TPSA) is 18.5 Å². The van der Waals surface area contributed by atoms with Crippen molar-refractivity contribution in [1.82, 2.24) is 0 Å². The van der Waals surface area contributed by atoms with Gasteiger partial charge in [0, 0.05) is 38.9 Å². The number of unbranched alkanes of at least 4 members (excludes halogenated alkanes) is 10. The molecular weight excluding hydrogens is 686 g/mol. The molecule has 6 heteroatoms. The Balaban J connectivity index is 0.00000648. The van der Waals surface area contributed by atoms with Gasteiger partial charge in [-0.25, -0.2) is 0 Å². The first-order chi connectivity index (χ1) is 16.9. The van der Waals surface area contributed by atoms with Crippen molar-refractivity contribution in [2.75, 3.05) is 79.8 Å². The number of hydrogen-bond acceptors (Lipinski definition) is 2. The van der Waals surface area contributed by atoms with E-state index < -0.39 is 0 Å². The molecule has 2 aliphatic heterocycles. The lowest BCUT2D eigenvalue weighted by atomic mass is 9.86. The van der Waals surface area contributed by atoms with Gasteiger partial charge in [0.2, 0.25) is 0 Å². The zero-order valence-corrected chi connectivity index (χ0v) is 29.7. The van der Waals surface area contributed by atoms with Crippen molar-refractivity contribution in [1.29, 1.82) is 0 Å². The maximum Gasteiger partial charge on any atom is 0.115 e. The van der Waals surface area contributed by atoms with Gasteiger partial charge < -0.3 is 66.4 Å². The number of halogens is 2. The van der Waals surface area contributed by atoms with E-state index in [0.29, 0.717) is 0 Å². The minimum atomic E-state index is 0. The maximum absolute atomic E-state index is 6.54. The average Bonchev–Trinajstić information content (AvgIpc) is 3.45. The number of ether oxygens (including phenoxy) is 2. The van der Waals surface area contributed by atoms with Crippen LogP contribution in [0.15, 0.2) is 0 Å². The first-order valence-corrected chi connectivity index (χ1v) is 15.8. The molecule has 2 rings (SSSR count). The second kappa shape index (κ2) is 22.0. The second-order valence-electron chi connectivity index (χ2n) is 13.0. The number of rotatable bonds is 22. The molecule has 4 nitrogen and oxygen atoms in total. The molecule has 0 unspecified atom stereocenters. The minimum Gasteiger partial charge on any atom is -1.00 e. The van der Waals surface area contributed by atoms with E-state index in [1.165, 1.54) is 151 Å². The maximum atomic E-state index is 6.54. The summed E-state index contributed by atoms with van der Waals surface area (Å²) in [5.74, 6) is 0. The Labute approximate surface area is 266 Å². The SMILES string of the molecule is CCCCCCCCOCC(COCCCCCCCC)(C[N+]1(C)CCCC1)C[N+]1(C)CCCC1.[I-].[I-]. The first-order valence-electron chi connectivity index (χ1n) is 15.8. The van der Waals surface area contributed by atoms with Gasteiger partial charge in [0.25, 0.3) is 0 Å². The van der Waals surface area contributed by atoms with Crippen LogP contribution in [0.2, 0.25) is 0 Å². The number of likely N-dealkylation sites (tertiary alicyclic amines) is 2. The van der Waals surface area contributed by atoms with Crippen LogP contribution in [0.4, 0.5) is 0 Å². The van der Waals surface area contributed by atoms with Gasteiger partial charge in [-0.3, -0.25) is 0 Å². The van der Waals surface area contributed by atoms with Crippen LogP contribution in [0.1, 0.15) is 117 Å². The van der Waals surface area contributed by atoms with Gasteiger partial charge in [0.05, 0.1) is 66.6 Å². The summed E-state index contributed by atoms with van der Waals surface area (Å²) in [5.41, 5.74) is 0.141. The summed E-state index contributed by atoms with van der Waals surface area (Å²) in [6.45, 7) is 16.0. The highest BCUT2D eigenvalue weighted by atomic mass is 127. The van der Waals surface area contributed by atoms with Gasteiger partial charge >= 0.3 is 0 Å². The van der Waals surface area contributed by atoms with Gasteiger partial charge in [0.15, 0.2) is 0 Å². The monoisotopic (exact) mass is 750 g/mol. The van der Waals surface area contributed by atoms with E-state index in [9.17, 15) is 0 Å². The normalized spacial score (nSPS) is 18.5. The summed E-state index contributed by atoms with van der Waals surface area (Å²) in [7, 11) is 5.01. The van der Waals surface area contributed by atoms with Crippen molar-refractivity contribution in [2.45, 2.75) is 117 Å². The molecule has 2 aliphatic rings. The van der Waals surface area contributed by atoms with E-state index in [2.05, 4.69) is 27.9 Å². The molecule has 2 heterocycles. The fraction of sp³-hybridized carbons (Fsp3) is 1.00. The molecule has 0 bridgehead atoms. The highest BCUT2D eigenvalue weighted by Crippen LogP contribution is 2.32. The summed E-state index contributed by atoms with van der Waals surface area (Å²) < 4.78 is 15.5. The third-order valence-electron chi connectivity index (χ3n) is 8.83. The lowest BCUT2D eigenvalue weighted by Crippen LogP contribution is -3.00. The largest absolute Gasteiger partial charge is 1.00 e. The molecule has 0 aromatic carbocycles. The van der Waals surface area contributed by atoms with Crippen molar-refractivity contribution in [3.63, 3.8) is 0 Å². The molecule has 0 aromatic rings. The number of quaternary nitrogens is 2. The van der Waals surface area contributed by atoms with Gasteiger partial charge in [-0.05, 0) is 12.8 Å². The molecule has 0 radical (unpaired) electrons. The van der Waals surface area contributed by atoms with Crippen LogP contribution in [0.5, 0.6) is 0 Å². The van der Waals surface area contributed by atoms with Crippen LogP contribution in [0, 0.1) is 5.41 Å². The van der Waals surface area contributed by atoms with Gasteiger partial charge in [-0.15, -0.1) is 0 Å². The van der Waals surface area contributed by atoms with Gasteiger partial charge in [0.1, 0.15) is 5.41 Å². The molecule has 0 aliphatic carbocycles. The van der Waals surface area contributed by atoms with Crippen molar-refractivity contribution < 1.29 is 66.4 Å². The van der Waals surface area contributed by atoms with E-state index >= 15 is 0 Å². The lowest BCUT2D eigenvalue weighted by Gasteiger charge is -2.45. The van der Waals surface area contributed by atoms with Gasteiger partial charge in [-0.2, -0.15) is 0 Å². The Bertz CT molecular complexity index is 477. The number of hydrogen-bond donors (Lipinski definition) is 0. The fourth-order valence-electron chi connectivity index (χ4n) is 6.95. The van der Waals surface area contributed by atoms with Gasteiger partial charge in [-0.1, -0.05) is 78.1 Å². The van der Waals surface area contributed by atoms with E-state index in [-0.39, 0.29) is 53.4 Å². The Morgan fingerprint density at radius 1 is 0.514 bits per heavy atom.